The maximum absolute atomic E-state index is 13.1. The fourth-order valence-electron chi connectivity index (χ4n) is 3.66. The Bertz CT molecular complexity index is 1010. The van der Waals surface area contributed by atoms with Gasteiger partial charge >= 0.3 is 0 Å². The molecule has 2 heterocycles. The lowest BCUT2D eigenvalue weighted by Gasteiger charge is -2.28. The van der Waals surface area contributed by atoms with Crippen LogP contribution >= 0.6 is 0 Å². The normalized spacial score (nSPS) is 13.1. The van der Waals surface area contributed by atoms with Crippen molar-refractivity contribution in [3.05, 3.63) is 82.8 Å². The van der Waals surface area contributed by atoms with Gasteiger partial charge in [-0.3, -0.25) is 4.79 Å². The van der Waals surface area contributed by atoms with Gasteiger partial charge in [0, 0.05) is 24.8 Å². The number of aromatic nitrogens is 2. The molecule has 0 unspecified atom stereocenters. The van der Waals surface area contributed by atoms with Gasteiger partial charge in [-0.1, -0.05) is 49.4 Å². The molecule has 5 heteroatoms. The number of amides is 1. The molecule has 5 nitrogen and oxygen atoms in total. The van der Waals surface area contributed by atoms with Crippen molar-refractivity contribution < 1.29 is 4.79 Å². The summed E-state index contributed by atoms with van der Waals surface area (Å²) in [6.07, 6.45) is 1.80. The number of aryl methyl sites for hydroxylation is 2. The number of hydrogen-bond acceptors (Lipinski definition) is 4. The number of carbonyl (C=O) groups is 1. The van der Waals surface area contributed by atoms with Crippen LogP contribution in [0, 0.1) is 6.92 Å². The van der Waals surface area contributed by atoms with E-state index >= 15 is 0 Å². The summed E-state index contributed by atoms with van der Waals surface area (Å²) in [5, 5.41) is 3.36. The third-order valence-corrected chi connectivity index (χ3v) is 5.14. The van der Waals surface area contributed by atoms with Gasteiger partial charge in [-0.05, 0) is 42.5 Å². The van der Waals surface area contributed by atoms with Crippen molar-refractivity contribution in [2.45, 2.75) is 33.2 Å². The van der Waals surface area contributed by atoms with E-state index in [0.29, 0.717) is 30.4 Å². The molecule has 1 aliphatic heterocycles. The van der Waals surface area contributed by atoms with Gasteiger partial charge in [0.25, 0.3) is 5.91 Å². The fourth-order valence-corrected chi connectivity index (χ4v) is 3.66. The van der Waals surface area contributed by atoms with Crippen LogP contribution in [0.5, 0.6) is 0 Å². The zero-order valence-electron chi connectivity index (χ0n) is 16.3. The monoisotopic (exact) mass is 372 g/mol. The Morgan fingerprint density at radius 1 is 1.07 bits per heavy atom. The van der Waals surface area contributed by atoms with Gasteiger partial charge in [-0.15, -0.1) is 0 Å². The van der Waals surface area contributed by atoms with E-state index in [4.69, 9.17) is 0 Å². The van der Waals surface area contributed by atoms with Crippen LogP contribution < -0.4 is 5.32 Å². The van der Waals surface area contributed by atoms with Gasteiger partial charge in [-0.25, -0.2) is 9.97 Å². The number of benzene rings is 2. The molecule has 1 aliphatic rings. The third-order valence-electron chi connectivity index (χ3n) is 5.14. The van der Waals surface area contributed by atoms with Crippen molar-refractivity contribution in [1.82, 2.24) is 14.9 Å². The quantitative estimate of drug-likeness (QED) is 0.742. The number of rotatable bonds is 4. The van der Waals surface area contributed by atoms with Crippen molar-refractivity contribution in [2.75, 3.05) is 11.9 Å². The van der Waals surface area contributed by atoms with E-state index < -0.39 is 0 Å². The first kappa shape index (κ1) is 18.2. The van der Waals surface area contributed by atoms with Crippen LogP contribution in [0.4, 0.5) is 11.5 Å². The Kier molecular flexibility index (Phi) is 5.06. The second-order valence-corrected chi connectivity index (χ2v) is 7.07. The molecule has 1 aromatic heterocycles. The highest BCUT2D eigenvalue weighted by atomic mass is 16.2. The molecule has 3 aromatic rings. The Balaban J connectivity index is 1.58. The molecule has 2 aromatic carbocycles. The van der Waals surface area contributed by atoms with Crippen LogP contribution in [0.2, 0.25) is 0 Å². The number of nitrogens with one attached hydrogen (secondary N) is 1. The van der Waals surface area contributed by atoms with Crippen molar-refractivity contribution in [2.24, 2.45) is 0 Å². The maximum Gasteiger partial charge on any atom is 0.272 e. The number of anilines is 2. The summed E-state index contributed by atoms with van der Waals surface area (Å²) < 4.78 is 0. The van der Waals surface area contributed by atoms with E-state index in [1.165, 1.54) is 16.7 Å². The minimum absolute atomic E-state index is 0.0492. The predicted molar refractivity (Wildman–Crippen MR) is 111 cm³/mol. The largest absolute Gasteiger partial charge is 0.340 e. The van der Waals surface area contributed by atoms with E-state index in [-0.39, 0.29) is 5.91 Å². The van der Waals surface area contributed by atoms with Gasteiger partial charge in [0.15, 0.2) is 0 Å². The molecule has 0 radical (unpaired) electrons. The van der Waals surface area contributed by atoms with Crippen molar-refractivity contribution >= 4 is 17.4 Å². The number of fused-ring (bicyclic) bond motifs is 1. The molecule has 1 N–H and O–H groups in total. The van der Waals surface area contributed by atoms with Crippen molar-refractivity contribution in [3.8, 4) is 0 Å². The number of nitrogens with zero attached hydrogens (tertiary/aromatic N) is 3. The highest BCUT2D eigenvalue weighted by Crippen LogP contribution is 2.23. The van der Waals surface area contributed by atoms with E-state index in [1.54, 1.807) is 6.07 Å². The number of carbonyl (C=O) groups excluding carboxylic acids is 1. The molecular weight excluding hydrogens is 348 g/mol. The van der Waals surface area contributed by atoms with Crippen LogP contribution in [0.1, 0.15) is 39.9 Å². The molecule has 0 atom stereocenters. The molecule has 28 heavy (non-hydrogen) atoms. The first-order valence-electron chi connectivity index (χ1n) is 9.70. The van der Waals surface area contributed by atoms with Crippen LogP contribution in [0.3, 0.4) is 0 Å². The molecule has 0 saturated carbocycles. The molecule has 142 valence electrons. The smallest absolute Gasteiger partial charge is 0.272 e. The highest BCUT2D eigenvalue weighted by molar-refractivity contribution is 5.93. The van der Waals surface area contributed by atoms with Gasteiger partial charge in [-0.2, -0.15) is 0 Å². The van der Waals surface area contributed by atoms with E-state index in [1.807, 2.05) is 36.1 Å². The average molecular weight is 372 g/mol. The van der Waals surface area contributed by atoms with Crippen molar-refractivity contribution in [3.63, 3.8) is 0 Å². The Morgan fingerprint density at radius 3 is 2.64 bits per heavy atom. The molecule has 0 bridgehead atoms. The standard InChI is InChI=1S/C23H24N4O/c1-3-17-8-6-7-11-20(17)26-22-14-21(24-16(2)25-22)23(28)27-13-12-18-9-4-5-10-19(18)15-27/h4-11,14H,3,12-13,15H2,1-2H3,(H,24,25,26). The lowest BCUT2D eigenvalue weighted by atomic mass is 10.00. The maximum atomic E-state index is 13.1. The molecule has 0 fully saturated rings. The summed E-state index contributed by atoms with van der Waals surface area (Å²) >= 11 is 0. The predicted octanol–water partition coefficient (Wildman–Crippen LogP) is 4.29. The summed E-state index contributed by atoms with van der Waals surface area (Å²) in [7, 11) is 0. The van der Waals surface area contributed by atoms with E-state index in [0.717, 1.165) is 18.5 Å². The zero-order chi connectivity index (χ0) is 19.5. The van der Waals surface area contributed by atoms with Gasteiger partial charge in [0.2, 0.25) is 0 Å². The van der Waals surface area contributed by atoms with E-state index in [2.05, 4.69) is 46.5 Å². The number of hydrogen-bond donors (Lipinski definition) is 1. The zero-order valence-corrected chi connectivity index (χ0v) is 16.3. The first-order chi connectivity index (χ1) is 13.6. The molecule has 4 rings (SSSR count). The molecule has 0 saturated heterocycles. The van der Waals surface area contributed by atoms with Crippen LogP contribution in [-0.4, -0.2) is 27.3 Å². The molecule has 0 spiro atoms. The minimum Gasteiger partial charge on any atom is -0.340 e. The van der Waals surface area contributed by atoms with Crippen LogP contribution in [0.15, 0.2) is 54.6 Å². The second kappa shape index (κ2) is 7.80. The molecular formula is C23H24N4O. The SMILES string of the molecule is CCc1ccccc1Nc1cc(C(=O)N2CCc3ccccc3C2)nc(C)n1. The highest BCUT2D eigenvalue weighted by Gasteiger charge is 2.23. The minimum atomic E-state index is -0.0492. The molecule has 1 amide bonds. The van der Waals surface area contributed by atoms with Crippen LogP contribution in [0.25, 0.3) is 0 Å². The summed E-state index contributed by atoms with van der Waals surface area (Å²) in [5.41, 5.74) is 5.18. The van der Waals surface area contributed by atoms with Gasteiger partial charge in [0.1, 0.15) is 17.3 Å². The average Bonchev–Trinajstić information content (AvgIpc) is 2.73. The third kappa shape index (κ3) is 3.74. The summed E-state index contributed by atoms with van der Waals surface area (Å²) in [5.74, 6) is 1.18. The van der Waals surface area contributed by atoms with Crippen molar-refractivity contribution in [1.29, 1.82) is 0 Å². The first-order valence-corrected chi connectivity index (χ1v) is 9.70. The van der Waals surface area contributed by atoms with E-state index in [9.17, 15) is 4.79 Å². The lowest BCUT2D eigenvalue weighted by Crippen LogP contribution is -2.36. The summed E-state index contributed by atoms with van der Waals surface area (Å²) in [6.45, 7) is 5.27. The number of para-hydroxylation sites is 1. The van der Waals surface area contributed by atoms with Crippen LogP contribution in [-0.2, 0) is 19.4 Å². The topological polar surface area (TPSA) is 58.1 Å². The molecule has 0 aliphatic carbocycles. The Morgan fingerprint density at radius 2 is 1.82 bits per heavy atom. The lowest BCUT2D eigenvalue weighted by molar-refractivity contribution is 0.0728. The summed E-state index contributed by atoms with van der Waals surface area (Å²) in [4.78, 5) is 23.8. The second-order valence-electron chi connectivity index (χ2n) is 7.07. The Hall–Kier alpha value is -3.21. The van der Waals surface area contributed by atoms with Gasteiger partial charge in [0.05, 0.1) is 0 Å². The fraction of sp³-hybridized carbons (Fsp3) is 0.261. The Labute approximate surface area is 165 Å². The summed E-state index contributed by atoms with van der Waals surface area (Å²) in [6, 6.07) is 18.2. The van der Waals surface area contributed by atoms with Gasteiger partial charge < -0.3 is 10.2 Å².